The Hall–Kier alpha value is -2.04. The fraction of sp³-hybridized carbons (Fsp3) is 0.316. The van der Waals surface area contributed by atoms with E-state index in [0.29, 0.717) is 26.1 Å². The number of carbonyl (C=O) groups excluding carboxylic acids is 1. The molecule has 1 amide bonds. The molecule has 0 aliphatic rings. The van der Waals surface area contributed by atoms with Gasteiger partial charge in [0.25, 0.3) is 0 Å². The molecular weight excluding hydrogens is 324 g/mol. The second-order valence-electron chi connectivity index (χ2n) is 5.44. The van der Waals surface area contributed by atoms with E-state index in [1.807, 2.05) is 66.5 Å². The van der Waals surface area contributed by atoms with Gasteiger partial charge < -0.3 is 15.0 Å². The average Bonchev–Trinajstić information content (AvgIpc) is 2.60. The van der Waals surface area contributed by atoms with Crippen LogP contribution in [-0.2, 0) is 17.9 Å². The minimum absolute atomic E-state index is 0. The molecule has 2 rings (SSSR count). The highest BCUT2D eigenvalue weighted by Gasteiger charge is 2.14. The van der Waals surface area contributed by atoms with Crippen molar-refractivity contribution in [3.8, 4) is 5.75 Å². The summed E-state index contributed by atoms with van der Waals surface area (Å²) in [5.74, 6) is 0.976. The van der Waals surface area contributed by atoms with Crippen LogP contribution in [0.3, 0.4) is 0 Å². The summed E-state index contributed by atoms with van der Waals surface area (Å²) in [6.45, 7) is 1.91. The predicted molar refractivity (Wildman–Crippen MR) is 99.5 cm³/mol. The number of nitrogens with zero attached hydrogens (tertiary/aromatic N) is 1. The zero-order chi connectivity index (χ0) is 16.5. The van der Waals surface area contributed by atoms with Crippen molar-refractivity contribution < 1.29 is 9.53 Å². The van der Waals surface area contributed by atoms with Crippen LogP contribution in [0.25, 0.3) is 0 Å². The molecule has 0 atom stereocenters. The zero-order valence-corrected chi connectivity index (χ0v) is 15.0. The van der Waals surface area contributed by atoms with Gasteiger partial charge in [-0.1, -0.05) is 42.5 Å². The second-order valence-corrected chi connectivity index (χ2v) is 5.44. The van der Waals surface area contributed by atoms with Crippen LogP contribution in [0, 0.1) is 0 Å². The Morgan fingerprint density at radius 1 is 1.00 bits per heavy atom. The highest BCUT2D eigenvalue weighted by atomic mass is 35.5. The number of ether oxygens (including phenoxy) is 1. The van der Waals surface area contributed by atoms with Crippen LogP contribution in [0.4, 0.5) is 0 Å². The average molecular weight is 349 g/mol. The van der Waals surface area contributed by atoms with Gasteiger partial charge in [-0.2, -0.15) is 0 Å². The molecular formula is C19H25ClN2O2. The number of rotatable bonds is 8. The Kier molecular flexibility index (Phi) is 8.90. The molecule has 0 aliphatic heterocycles. The molecule has 0 heterocycles. The lowest BCUT2D eigenvalue weighted by atomic mass is 10.1. The fourth-order valence-electron chi connectivity index (χ4n) is 2.38. The van der Waals surface area contributed by atoms with E-state index in [1.54, 1.807) is 7.11 Å². The molecule has 2 aromatic rings. The third-order valence-electron chi connectivity index (χ3n) is 3.69. The van der Waals surface area contributed by atoms with E-state index >= 15 is 0 Å². The molecule has 130 valence electrons. The number of halogens is 1. The molecule has 0 saturated carbocycles. The topological polar surface area (TPSA) is 41.6 Å². The van der Waals surface area contributed by atoms with Gasteiger partial charge in [-0.3, -0.25) is 4.79 Å². The molecule has 24 heavy (non-hydrogen) atoms. The molecule has 5 heteroatoms. The molecule has 0 radical (unpaired) electrons. The van der Waals surface area contributed by atoms with Crippen molar-refractivity contribution in [1.82, 2.24) is 10.2 Å². The summed E-state index contributed by atoms with van der Waals surface area (Å²) in [6, 6.07) is 17.9. The molecule has 0 unspecified atom stereocenters. The molecule has 4 nitrogen and oxygen atoms in total. The maximum atomic E-state index is 12.5. The van der Waals surface area contributed by atoms with Crippen molar-refractivity contribution >= 4 is 18.3 Å². The zero-order valence-electron chi connectivity index (χ0n) is 14.2. The van der Waals surface area contributed by atoms with E-state index in [1.165, 1.54) is 0 Å². The molecule has 0 aromatic heterocycles. The Morgan fingerprint density at radius 3 is 2.12 bits per heavy atom. The van der Waals surface area contributed by atoms with Gasteiger partial charge in [-0.15, -0.1) is 12.4 Å². The van der Waals surface area contributed by atoms with Crippen LogP contribution in [-0.4, -0.2) is 31.5 Å². The number of carbonyl (C=O) groups is 1. The first-order valence-corrected chi connectivity index (χ1v) is 7.82. The normalized spacial score (nSPS) is 9.92. The van der Waals surface area contributed by atoms with Gasteiger partial charge in [-0.25, -0.2) is 0 Å². The third-order valence-corrected chi connectivity index (χ3v) is 3.69. The molecule has 0 spiro atoms. The van der Waals surface area contributed by atoms with Gasteiger partial charge in [0.05, 0.1) is 7.11 Å². The molecule has 2 aromatic carbocycles. The lowest BCUT2D eigenvalue weighted by Crippen LogP contribution is -2.32. The van der Waals surface area contributed by atoms with Crippen LogP contribution in [0.15, 0.2) is 54.6 Å². The van der Waals surface area contributed by atoms with Gasteiger partial charge in [0.2, 0.25) is 5.91 Å². The van der Waals surface area contributed by atoms with E-state index in [2.05, 4.69) is 5.32 Å². The fourth-order valence-corrected chi connectivity index (χ4v) is 2.38. The Bertz CT molecular complexity index is 603. The van der Waals surface area contributed by atoms with Crippen LogP contribution in [0.5, 0.6) is 5.75 Å². The van der Waals surface area contributed by atoms with E-state index < -0.39 is 0 Å². The summed E-state index contributed by atoms with van der Waals surface area (Å²) < 4.78 is 5.18. The number of methoxy groups -OCH3 is 1. The van der Waals surface area contributed by atoms with Crippen LogP contribution >= 0.6 is 12.4 Å². The van der Waals surface area contributed by atoms with E-state index in [9.17, 15) is 4.79 Å². The van der Waals surface area contributed by atoms with Crippen LogP contribution in [0.1, 0.15) is 17.5 Å². The van der Waals surface area contributed by atoms with Gasteiger partial charge >= 0.3 is 0 Å². The summed E-state index contributed by atoms with van der Waals surface area (Å²) in [6.07, 6.45) is 0.499. The van der Waals surface area contributed by atoms with Crippen molar-refractivity contribution in [3.05, 3.63) is 65.7 Å². The molecule has 1 N–H and O–H groups in total. The number of hydrogen-bond acceptors (Lipinski definition) is 3. The lowest BCUT2D eigenvalue weighted by Gasteiger charge is -2.23. The standard InChI is InChI=1S/C19H24N2O2.ClH/c1-20-13-12-19(22)21(14-16-6-4-3-5-7-16)15-17-8-10-18(23-2)11-9-17;/h3-11,20H,12-15H2,1-2H3;1H. The first kappa shape index (κ1) is 20.0. The minimum Gasteiger partial charge on any atom is -0.497 e. The molecule has 0 aliphatic carbocycles. The van der Waals surface area contributed by atoms with E-state index in [-0.39, 0.29) is 18.3 Å². The number of benzene rings is 2. The summed E-state index contributed by atoms with van der Waals surface area (Å²) in [4.78, 5) is 14.4. The monoisotopic (exact) mass is 348 g/mol. The summed E-state index contributed by atoms with van der Waals surface area (Å²) >= 11 is 0. The molecule has 0 saturated heterocycles. The van der Waals surface area contributed by atoms with Gasteiger partial charge in [0.15, 0.2) is 0 Å². The maximum Gasteiger partial charge on any atom is 0.224 e. The minimum atomic E-state index is 0. The quantitative estimate of drug-likeness (QED) is 0.796. The van der Waals surface area contributed by atoms with Crippen LogP contribution < -0.4 is 10.1 Å². The highest BCUT2D eigenvalue weighted by molar-refractivity contribution is 5.85. The maximum absolute atomic E-state index is 12.5. The van der Waals surface area contributed by atoms with Crippen molar-refractivity contribution in [1.29, 1.82) is 0 Å². The van der Waals surface area contributed by atoms with Gasteiger partial charge in [0, 0.05) is 26.1 Å². The van der Waals surface area contributed by atoms with Gasteiger partial charge in [-0.05, 0) is 30.3 Å². The van der Waals surface area contributed by atoms with E-state index in [4.69, 9.17) is 4.74 Å². The third kappa shape index (κ3) is 6.22. The van der Waals surface area contributed by atoms with Crippen molar-refractivity contribution in [2.45, 2.75) is 19.5 Å². The smallest absolute Gasteiger partial charge is 0.224 e. The molecule has 0 bridgehead atoms. The second kappa shape index (κ2) is 10.7. The lowest BCUT2D eigenvalue weighted by molar-refractivity contribution is -0.132. The first-order chi connectivity index (χ1) is 11.2. The molecule has 0 fully saturated rings. The van der Waals surface area contributed by atoms with Gasteiger partial charge in [0.1, 0.15) is 5.75 Å². The largest absolute Gasteiger partial charge is 0.497 e. The summed E-state index contributed by atoms with van der Waals surface area (Å²) in [7, 11) is 3.51. The number of hydrogen-bond donors (Lipinski definition) is 1. The number of nitrogens with one attached hydrogen (secondary N) is 1. The summed E-state index contributed by atoms with van der Waals surface area (Å²) in [5.41, 5.74) is 2.23. The first-order valence-electron chi connectivity index (χ1n) is 7.82. The van der Waals surface area contributed by atoms with Crippen molar-refractivity contribution in [2.75, 3.05) is 20.7 Å². The Morgan fingerprint density at radius 2 is 1.58 bits per heavy atom. The van der Waals surface area contributed by atoms with Crippen molar-refractivity contribution in [2.24, 2.45) is 0 Å². The predicted octanol–water partition coefficient (Wildman–Crippen LogP) is 3.26. The number of amides is 1. The SMILES string of the molecule is CNCCC(=O)N(Cc1ccccc1)Cc1ccc(OC)cc1.Cl. The Labute approximate surface area is 150 Å². The van der Waals surface area contributed by atoms with E-state index in [0.717, 1.165) is 16.9 Å². The highest BCUT2D eigenvalue weighted by Crippen LogP contribution is 2.15. The van der Waals surface area contributed by atoms with Crippen molar-refractivity contribution in [3.63, 3.8) is 0 Å². The Balaban J connectivity index is 0.00000288. The van der Waals surface area contributed by atoms with Crippen LogP contribution in [0.2, 0.25) is 0 Å². The summed E-state index contributed by atoms with van der Waals surface area (Å²) in [5, 5.41) is 3.03.